The van der Waals surface area contributed by atoms with E-state index in [9.17, 15) is 4.79 Å². The van der Waals surface area contributed by atoms with E-state index in [-0.39, 0.29) is 5.56 Å². The lowest BCUT2D eigenvalue weighted by molar-refractivity contribution is 0.0698. The fourth-order valence-corrected chi connectivity index (χ4v) is 1.14. The van der Waals surface area contributed by atoms with Gasteiger partial charge in [0.25, 0.3) is 0 Å². The summed E-state index contributed by atoms with van der Waals surface area (Å²) in [6.07, 6.45) is 0. The molecular formula is C10H13NO2. The van der Waals surface area contributed by atoms with Crippen LogP contribution < -0.4 is 5.73 Å². The normalized spacial score (nSPS) is 10.4. The highest BCUT2D eigenvalue weighted by Gasteiger charge is 2.08. The minimum atomic E-state index is -0.979. The second-order valence-electron chi connectivity index (χ2n) is 3.31. The van der Waals surface area contributed by atoms with Gasteiger partial charge < -0.3 is 10.8 Å². The van der Waals surface area contributed by atoms with Gasteiger partial charge in [-0.15, -0.1) is 0 Å². The molecule has 0 radical (unpaired) electrons. The highest BCUT2D eigenvalue weighted by Crippen LogP contribution is 2.20. The number of rotatable bonds is 2. The van der Waals surface area contributed by atoms with Crippen LogP contribution in [0.2, 0.25) is 0 Å². The summed E-state index contributed by atoms with van der Waals surface area (Å²) in [6, 6.07) is 5.06. The number of carbonyl (C=O) groups is 1. The summed E-state index contributed by atoms with van der Waals surface area (Å²) in [5.74, 6) is -0.613. The minimum Gasteiger partial charge on any atom is -0.478 e. The number of anilines is 1. The van der Waals surface area contributed by atoms with E-state index in [1.165, 1.54) is 0 Å². The Bertz CT molecular complexity index is 332. The van der Waals surface area contributed by atoms with Crippen LogP contribution in [-0.4, -0.2) is 11.1 Å². The minimum absolute atomic E-state index is 0.171. The highest BCUT2D eigenvalue weighted by molar-refractivity contribution is 5.93. The molecular weight excluding hydrogens is 166 g/mol. The molecule has 3 N–H and O–H groups in total. The molecule has 0 aliphatic heterocycles. The topological polar surface area (TPSA) is 63.3 Å². The van der Waals surface area contributed by atoms with Gasteiger partial charge in [-0.2, -0.15) is 0 Å². The maximum Gasteiger partial charge on any atom is 0.337 e. The van der Waals surface area contributed by atoms with Crippen LogP contribution in [0.1, 0.15) is 35.7 Å². The van der Waals surface area contributed by atoms with E-state index in [0.29, 0.717) is 11.6 Å². The molecule has 0 bridgehead atoms. The van der Waals surface area contributed by atoms with E-state index in [1.54, 1.807) is 18.2 Å². The zero-order valence-corrected chi connectivity index (χ0v) is 7.74. The summed E-state index contributed by atoms with van der Waals surface area (Å²) in [5, 5.41) is 8.72. The molecule has 0 saturated heterocycles. The van der Waals surface area contributed by atoms with Crippen molar-refractivity contribution in [2.45, 2.75) is 19.8 Å². The molecule has 70 valence electrons. The Kier molecular flexibility index (Phi) is 2.56. The van der Waals surface area contributed by atoms with Crippen molar-refractivity contribution in [3.63, 3.8) is 0 Å². The second kappa shape index (κ2) is 3.47. The van der Waals surface area contributed by atoms with Crippen LogP contribution in [0.15, 0.2) is 18.2 Å². The Hall–Kier alpha value is -1.51. The van der Waals surface area contributed by atoms with Crippen molar-refractivity contribution in [2.75, 3.05) is 5.73 Å². The largest absolute Gasteiger partial charge is 0.478 e. The lowest BCUT2D eigenvalue weighted by atomic mass is 10.0. The zero-order valence-electron chi connectivity index (χ0n) is 7.74. The number of benzene rings is 1. The Morgan fingerprint density at radius 2 is 2.08 bits per heavy atom. The van der Waals surface area contributed by atoms with Gasteiger partial charge in [0.15, 0.2) is 0 Å². The van der Waals surface area contributed by atoms with Crippen LogP contribution in [0.5, 0.6) is 0 Å². The number of hydrogen-bond acceptors (Lipinski definition) is 2. The van der Waals surface area contributed by atoms with Crippen LogP contribution in [0.3, 0.4) is 0 Å². The third-order valence-electron chi connectivity index (χ3n) is 1.97. The Labute approximate surface area is 77.2 Å². The Morgan fingerprint density at radius 1 is 1.46 bits per heavy atom. The summed E-state index contributed by atoms with van der Waals surface area (Å²) in [7, 11) is 0. The molecule has 0 fully saturated rings. The van der Waals surface area contributed by atoms with E-state index in [0.717, 1.165) is 5.56 Å². The summed E-state index contributed by atoms with van der Waals surface area (Å²) in [5.41, 5.74) is 7.14. The van der Waals surface area contributed by atoms with Gasteiger partial charge in [-0.3, -0.25) is 0 Å². The maximum atomic E-state index is 10.6. The predicted octanol–water partition coefficient (Wildman–Crippen LogP) is 2.09. The van der Waals surface area contributed by atoms with E-state index in [1.807, 2.05) is 13.8 Å². The standard InChI is InChI=1S/C10H13NO2/c1-6(2)7-3-4-8(10(12)13)9(11)5-7/h3-6H,11H2,1-2H3,(H,12,13). The number of aromatic carboxylic acids is 1. The molecule has 0 saturated carbocycles. The van der Waals surface area contributed by atoms with E-state index < -0.39 is 5.97 Å². The quantitative estimate of drug-likeness (QED) is 0.683. The Balaban J connectivity index is 3.13. The van der Waals surface area contributed by atoms with Crippen molar-refractivity contribution >= 4 is 11.7 Å². The van der Waals surface area contributed by atoms with Crippen LogP contribution in [0.4, 0.5) is 5.69 Å². The van der Waals surface area contributed by atoms with Crippen molar-refractivity contribution in [1.29, 1.82) is 0 Å². The fourth-order valence-electron chi connectivity index (χ4n) is 1.14. The Morgan fingerprint density at radius 3 is 2.46 bits per heavy atom. The molecule has 0 spiro atoms. The molecule has 0 aromatic heterocycles. The smallest absolute Gasteiger partial charge is 0.337 e. The second-order valence-corrected chi connectivity index (χ2v) is 3.31. The summed E-state index contributed by atoms with van der Waals surface area (Å²) in [4.78, 5) is 10.6. The predicted molar refractivity (Wildman–Crippen MR) is 51.9 cm³/mol. The van der Waals surface area contributed by atoms with Crippen LogP contribution >= 0.6 is 0 Å². The first kappa shape index (κ1) is 9.58. The first-order valence-electron chi connectivity index (χ1n) is 4.15. The van der Waals surface area contributed by atoms with Gasteiger partial charge >= 0.3 is 5.97 Å². The molecule has 0 aliphatic carbocycles. The first-order chi connectivity index (χ1) is 6.02. The van der Waals surface area contributed by atoms with Gasteiger partial charge in [-0.05, 0) is 23.6 Å². The molecule has 3 nitrogen and oxygen atoms in total. The van der Waals surface area contributed by atoms with Gasteiger partial charge in [0.1, 0.15) is 0 Å². The summed E-state index contributed by atoms with van der Waals surface area (Å²) in [6.45, 7) is 4.07. The number of carboxylic acids is 1. The van der Waals surface area contributed by atoms with E-state index >= 15 is 0 Å². The molecule has 0 heterocycles. The summed E-state index contributed by atoms with van der Waals surface area (Å²) < 4.78 is 0. The molecule has 3 heteroatoms. The van der Waals surface area contributed by atoms with Gasteiger partial charge in [0.05, 0.1) is 5.56 Å². The van der Waals surface area contributed by atoms with Gasteiger partial charge in [-0.25, -0.2) is 4.79 Å². The van der Waals surface area contributed by atoms with Gasteiger partial charge in [0, 0.05) is 5.69 Å². The lowest BCUT2D eigenvalue weighted by Gasteiger charge is -2.07. The molecule has 1 rings (SSSR count). The van der Waals surface area contributed by atoms with Crippen molar-refractivity contribution in [3.05, 3.63) is 29.3 Å². The fraction of sp³-hybridized carbons (Fsp3) is 0.300. The van der Waals surface area contributed by atoms with Crippen LogP contribution in [0.25, 0.3) is 0 Å². The SMILES string of the molecule is CC(C)c1ccc(C(=O)O)c(N)c1. The lowest BCUT2D eigenvalue weighted by Crippen LogP contribution is -2.03. The molecule has 0 aliphatic rings. The molecule has 1 aromatic carbocycles. The van der Waals surface area contributed by atoms with Crippen molar-refractivity contribution in [3.8, 4) is 0 Å². The molecule has 0 amide bonds. The highest BCUT2D eigenvalue weighted by atomic mass is 16.4. The van der Waals surface area contributed by atoms with E-state index in [4.69, 9.17) is 10.8 Å². The average molecular weight is 179 g/mol. The summed E-state index contributed by atoms with van der Waals surface area (Å²) >= 11 is 0. The monoisotopic (exact) mass is 179 g/mol. The van der Waals surface area contributed by atoms with Crippen molar-refractivity contribution in [2.24, 2.45) is 0 Å². The third-order valence-corrected chi connectivity index (χ3v) is 1.97. The third kappa shape index (κ3) is 1.99. The molecule has 0 atom stereocenters. The van der Waals surface area contributed by atoms with Crippen molar-refractivity contribution in [1.82, 2.24) is 0 Å². The van der Waals surface area contributed by atoms with E-state index in [2.05, 4.69) is 0 Å². The number of carboxylic acid groups (broad SMARTS) is 1. The first-order valence-corrected chi connectivity index (χ1v) is 4.15. The number of hydrogen-bond donors (Lipinski definition) is 2. The van der Waals surface area contributed by atoms with Crippen molar-refractivity contribution < 1.29 is 9.90 Å². The molecule has 13 heavy (non-hydrogen) atoms. The van der Waals surface area contributed by atoms with Gasteiger partial charge in [-0.1, -0.05) is 19.9 Å². The van der Waals surface area contributed by atoms with Crippen LogP contribution in [0, 0.1) is 0 Å². The zero-order chi connectivity index (χ0) is 10.0. The average Bonchev–Trinajstić information content (AvgIpc) is 2.03. The molecule has 0 unspecified atom stereocenters. The van der Waals surface area contributed by atoms with Gasteiger partial charge in [0.2, 0.25) is 0 Å². The number of nitrogen functional groups attached to an aromatic ring is 1. The maximum absolute atomic E-state index is 10.6. The number of nitrogens with two attached hydrogens (primary N) is 1. The molecule has 1 aromatic rings. The van der Waals surface area contributed by atoms with Crippen LogP contribution in [-0.2, 0) is 0 Å².